The molecule has 0 saturated heterocycles. The Bertz CT molecular complexity index is 665. The van der Waals surface area contributed by atoms with Crippen LogP contribution >= 0.6 is 0 Å². The van der Waals surface area contributed by atoms with Crippen LogP contribution in [0.2, 0.25) is 0 Å². The van der Waals surface area contributed by atoms with Crippen LogP contribution in [-0.4, -0.2) is 41.2 Å². The molecule has 0 aromatic heterocycles. The van der Waals surface area contributed by atoms with E-state index in [4.69, 9.17) is 10.5 Å². The van der Waals surface area contributed by atoms with Gasteiger partial charge in [-0.3, -0.25) is 0 Å². The highest BCUT2D eigenvalue weighted by Gasteiger charge is 2.22. The van der Waals surface area contributed by atoms with Gasteiger partial charge in [-0.2, -0.15) is 0 Å². The fraction of sp³-hybridized carbons (Fsp3) is 0.500. The maximum absolute atomic E-state index is 12.2. The van der Waals surface area contributed by atoms with Crippen LogP contribution < -0.4 is 10.5 Å². The van der Waals surface area contributed by atoms with E-state index in [0.717, 1.165) is 0 Å². The lowest BCUT2D eigenvalue weighted by Crippen LogP contribution is -2.20. The number of hydrogen-bond acceptors (Lipinski definition) is 6. The van der Waals surface area contributed by atoms with Crippen molar-refractivity contribution in [1.29, 1.82) is 0 Å². The first kappa shape index (κ1) is 16.8. The summed E-state index contributed by atoms with van der Waals surface area (Å²) in [5.74, 6) is -0.744. The average molecular weight is 321 g/mol. The van der Waals surface area contributed by atoms with E-state index in [2.05, 4.69) is 0 Å². The van der Waals surface area contributed by atoms with Gasteiger partial charge in [-0.05, 0) is 18.6 Å². The summed E-state index contributed by atoms with van der Waals surface area (Å²) in [5.41, 5.74) is 5.93. The van der Waals surface area contributed by atoms with Crippen molar-refractivity contribution in [2.75, 3.05) is 30.1 Å². The van der Waals surface area contributed by atoms with Gasteiger partial charge in [-0.1, -0.05) is 6.92 Å². The molecule has 0 fully saturated rings. The molecule has 0 saturated carbocycles. The maximum Gasteiger partial charge on any atom is 0.183 e. The topological polar surface area (TPSA) is 104 Å². The molecular formula is C12H19NO5S2. The third kappa shape index (κ3) is 4.38. The Morgan fingerprint density at radius 2 is 1.75 bits per heavy atom. The number of rotatable bonds is 7. The molecule has 0 amide bonds. The summed E-state index contributed by atoms with van der Waals surface area (Å²) in [6.45, 7) is 1.73. The number of sulfone groups is 2. The number of anilines is 1. The molecule has 0 radical (unpaired) electrons. The largest absolute Gasteiger partial charge is 0.495 e. The number of hydrogen-bond donors (Lipinski definition) is 1. The fourth-order valence-electron chi connectivity index (χ4n) is 1.70. The first-order valence-electron chi connectivity index (χ1n) is 6.08. The summed E-state index contributed by atoms with van der Waals surface area (Å²) in [5, 5.41) is 0. The van der Waals surface area contributed by atoms with E-state index >= 15 is 0 Å². The van der Waals surface area contributed by atoms with E-state index in [9.17, 15) is 16.8 Å². The second-order valence-corrected chi connectivity index (χ2v) is 8.76. The van der Waals surface area contributed by atoms with Crippen LogP contribution in [0.5, 0.6) is 5.75 Å². The van der Waals surface area contributed by atoms with Crippen LogP contribution in [0.15, 0.2) is 23.1 Å². The third-order valence-corrected chi connectivity index (χ3v) is 6.56. The molecule has 0 atom stereocenters. The van der Waals surface area contributed by atoms with Crippen molar-refractivity contribution in [3.8, 4) is 5.75 Å². The molecule has 0 aliphatic carbocycles. The van der Waals surface area contributed by atoms with Crippen LogP contribution in [0.3, 0.4) is 0 Å². The summed E-state index contributed by atoms with van der Waals surface area (Å²) in [6, 6.07) is 4.17. The van der Waals surface area contributed by atoms with Crippen molar-refractivity contribution in [2.45, 2.75) is 18.2 Å². The van der Waals surface area contributed by atoms with E-state index in [1.807, 2.05) is 0 Å². The molecule has 0 heterocycles. The summed E-state index contributed by atoms with van der Waals surface area (Å²) in [7, 11) is -5.74. The molecule has 20 heavy (non-hydrogen) atoms. The Labute approximate surface area is 119 Å². The van der Waals surface area contributed by atoms with Gasteiger partial charge >= 0.3 is 0 Å². The Morgan fingerprint density at radius 1 is 1.10 bits per heavy atom. The van der Waals surface area contributed by atoms with Crippen LogP contribution in [0.4, 0.5) is 5.69 Å². The van der Waals surface area contributed by atoms with Crippen molar-refractivity contribution < 1.29 is 21.6 Å². The quantitative estimate of drug-likeness (QED) is 0.748. The van der Waals surface area contributed by atoms with Gasteiger partial charge in [0, 0.05) is 17.5 Å². The highest BCUT2D eigenvalue weighted by Crippen LogP contribution is 2.27. The van der Waals surface area contributed by atoms with E-state index in [0.29, 0.717) is 12.1 Å². The van der Waals surface area contributed by atoms with Crippen molar-refractivity contribution in [3.05, 3.63) is 18.2 Å². The van der Waals surface area contributed by atoms with Crippen LogP contribution in [0, 0.1) is 0 Å². The minimum Gasteiger partial charge on any atom is -0.495 e. The second kappa shape index (κ2) is 6.45. The monoisotopic (exact) mass is 321 g/mol. The molecule has 1 aromatic rings. The average Bonchev–Trinajstić information content (AvgIpc) is 2.36. The van der Waals surface area contributed by atoms with Crippen molar-refractivity contribution in [2.24, 2.45) is 0 Å². The number of methoxy groups -OCH3 is 1. The maximum atomic E-state index is 12.2. The number of nitrogens with two attached hydrogens (primary N) is 1. The molecule has 0 aliphatic rings. The zero-order valence-corrected chi connectivity index (χ0v) is 13.1. The second-order valence-electron chi connectivity index (χ2n) is 4.38. The lowest BCUT2D eigenvalue weighted by molar-refractivity contribution is 0.403. The SMILES string of the molecule is CCCS(=O)(=O)CCS(=O)(=O)c1ccc(N)cc1OC. The Hall–Kier alpha value is -1.28. The smallest absolute Gasteiger partial charge is 0.183 e. The van der Waals surface area contributed by atoms with Crippen LogP contribution in [0.1, 0.15) is 13.3 Å². The molecule has 0 spiro atoms. The molecule has 8 heteroatoms. The van der Waals surface area contributed by atoms with Gasteiger partial charge in [0.05, 0.1) is 18.6 Å². The molecule has 0 aliphatic heterocycles. The van der Waals surface area contributed by atoms with Gasteiger partial charge in [0.15, 0.2) is 19.7 Å². The first-order chi connectivity index (χ1) is 9.22. The van der Waals surface area contributed by atoms with Gasteiger partial charge in [0.2, 0.25) is 0 Å². The third-order valence-electron chi connectivity index (χ3n) is 2.70. The normalized spacial score (nSPS) is 12.3. The molecule has 1 aromatic carbocycles. The van der Waals surface area contributed by atoms with Crippen molar-refractivity contribution >= 4 is 25.4 Å². The molecule has 0 bridgehead atoms. The van der Waals surface area contributed by atoms with Crippen LogP contribution in [0.25, 0.3) is 0 Å². The predicted molar refractivity (Wildman–Crippen MR) is 78.4 cm³/mol. The number of nitrogen functional groups attached to an aromatic ring is 1. The molecule has 114 valence electrons. The van der Waals surface area contributed by atoms with Gasteiger partial charge in [-0.25, -0.2) is 16.8 Å². The zero-order chi connectivity index (χ0) is 15.4. The summed E-state index contributed by atoms with van der Waals surface area (Å²) in [4.78, 5) is -0.0408. The molecule has 2 N–H and O–H groups in total. The van der Waals surface area contributed by atoms with Crippen LogP contribution in [-0.2, 0) is 19.7 Å². The number of benzene rings is 1. The Kier molecular flexibility index (Phi) is 5.41. The molecule has 1 rings (SSSR count). The highest BCUT2D eigenvalue weighted by atomic mass is 32.2. The minimum atomic E-state index is -3.73. The Morgan fingerprint density at radius 3 is 2.30 bits per heavy atom. The van der Waals surface area contributed by atoms with Crippen molar-refractivity contribution in [1.82, 2.24) is 0 Å². The fourth-order valence-corrected chi connectivity index (χ4v) is 5.36. The zero-order valence-electron chi connectivity index (χ0n) is 11.5. The van der Waals surface area contributed by atoms with Gasteiger partial charge < -0.3 is 10.5 Å². The number of ether oxygens (including phenoxy) is 1. The Balaban J connectivity index is 3.01. The summed E-state index contributed by atoms with van der Waals surface area (Å²) >= 11 is 0. The van der Waals surface area contributed by atoms with Gasteiger partial charge in [0.25, 0.3) is 0 Å². The lowest BCUT2D eigenvalue weighted by atomic mass is 10.3. The molecule has 0 unspecified atom stereocenters. The minimum absolute atomic E-state index is 0.0125. The predicted octanol–water partition coefficient (Wildman–Crippen LogP) is 0.876. The molecule has 6 nitrogen and oxygen atoms in total. The van der Waals surface area contributed by atoms with Gasteiger partial charge in [0.1, 0.15) is 10.6 Å². The van der Waals surface area contributed by atoms with Crippen molar-refractivity contribution in [3.63, 3.8) is 0 Å². The van der Waals surface area contributed by atoms with E-state index < -0.39 is 31.2 Å². The highest BCUT2D eigenvalue weighted by molar-refractivity contribution is 7.95. The summed E-state index contributed by atoms with van der Waals surface area (Å²) in [6.07, 6.45) is 0.466. The lowest BCUT2D eigenvalue weighted by Gasteiger charge is -2.10. The van der Waals surface area contributed by atoms with E-state index in [1.165, 1.54) is 25.3 Å². The summed E-state index contributed by atoms with van der Waals surface area (Å²) < 4.78 is 52.6. The van der Waals surface area contributed by atoms with Gasteiger partial charge in [-0.15, -0.1) is 0 Å². The first-order valence-corrected chi connectivity index (χ1v) is 9.56. The standard InChI is InChI=1S/C12H19NO5S2/c1-3-6-19(14,15)7-8-20(16,17)12-5-4-10(13)9-11(12)18-2/h4-5,9H,3,6-8,13H2,1-2H3. The molecular weight excluding hydrogens is 302 g/mol. The van der Waals surface area contributed by atoms with E-state index in [-0.39, 0.29) is 16.4 Å². The van der Waals surface area contributed by atoms with E-state index in [1.54, 1.807) is 6.92 Å².